The van der Waals surface area contributed by atoms with Gasteiger partial charge < -0.3 is 23.8 Å². The number of carbonyl (C=O) groups is 4. The zero-order valence-corrected chi connectivity index (χ0v) is 19.6. The first-order valence-electron chi connectivity index (χ1n) is 10.5. The fraction of sp³-hybridized carbons (Fsp3) is 0.545. The van der Waals surface area contributed by atoms with Crippen molar-refractivity contribution in [2.24, 2.45) is 5.92 Å². The van der Waals surface area contributed by atoms with Crippen LogP contribution in [0.15, 0.2) is 18.2 Å². The Morgan fingerprint density at radius 2 is 1.76 bits per heavy atom. The maximum atomic E-state index is 12.4. The molecular weight excluding hydrogens is 434 g/mol. The van der Waals surface area contributed by atoms with E-state index in [-0.39, 0.29) is 12.1 Å². The third-order valence-electron chi connectivity index (χ3n) is 4.71. The van der Waals surface area contributed by atoms with Gasteiger partial charge in [0.25, 0.3) is 11.8 Å². The summed E-state index contributed by atoms with van der Waals surface area (Å²) in [5, 5.41) is 0. The predicted molar refractivity (Wildman–Crippen MR) is 117 cm³/mol. The zero-order chi connectivity index (χ0) is 24.6. The van der Waals surface area contributed by atoms with E-state index in [1.165, 1.54) is 31.3 Å². The number of hydrogen-bond donors (Lipinski definition) is 2. The average molecular weight is 466 g/mol. The number of likely N-dealkylation sites (tertiary alicyclic amines) is 1. The van der Waals surface area contributed by atoms with Crippen LogP contribution in [0.5, 0.6) is 11.5 Å². The van der Waals surface area contributed by atoms with Crippen molar-refractivity contribution >= 4 is 23.9 Å². The van der Waals surface area contributed by atoms with Crippen LogP contribution in [-0.4, -0.2) is 68.3 Å². The molecule has 0 radical (unpaired) electrons. The van der Waals surface area contributed by atoms with Gasteiger partial charge in [-0.05, 0) is 51.8 Å². The summed E-state index contributed by atoms with van der Waals surface area (Å²) in [7, 11) is 2.91. The second-order valence-electron chi connectivity index (χ2n) is 8.45. The third kappa shape index (κ3) is 7.85. The summed E-state index contributed by atoms with van der Waals surface area (Å²) in [6, 6.07) is 4.52. The number of ether oxygens (including phenoxy) is 4. The Labute approximate surface area is 192 Å². The van der Waals surface area contributed by atoms with Crippen LogP contribution in [0.3, 0.4) is 0 Å². The molecule has 182 valence electrons. The van der Waals surface area contributed by atoms with Crippen molar-refractivity contribution in [1.82, 2.24) is 15.8 Å². The molecule has 2 rings (SSSR count). The lowest BCUT2D eigenvalue weighted by molar-refractivity contribution is -0.154. The molecule has 33 heavy (non-hydrogen) atoms. The summed E-state index contributed by atoms with van der Waals surface area (Å²) in [6.45, 7) is 5.37. The number of esters is 1. The first-order chi connectivity index (χ1) is 15.5. The number of nitrogens with zero attached hydrogens (tertiary/aromatic N) is 1. The molecule has 1 saturated heterocycles. The number of benzene rings is 1. The van der Waals surface area contributed by atoms with Gasteiger partial charge in [-0.3, -0.25) is 25.2 Å². The van der Waals surface area contributed by atoms with E-state index in [0.29, 0.717) is 30.9 Å². The second-order valence-corrected chi connectivity index (χ2v) is 8.45. The molecule has 1 aromatic rings. The summed E-state index contributed by atoms with van der Waals surface area (Å²) in [5.74, 6) is -1.63. The normalized spacial score (nSPS) is 15.8. The average Bonchev–Trinajstić information content (AvgIpc) is 2.79. The highest BCUT2D eigenvalue weighted by atomic mass is 16.6. The fourth-order valence-electron chi connectivity index (χ4n) is 3.13. The monoisotopic (exact) mass is 465 g/mol. The number of rotatable bonds is 6. The molecule has 0 aromatic heterocycles. The lowest BCUT2D eigenvalue weighted by Crippen LogP contribution is -2.46. The first kappa shape index (κ1) is 25.8. The number of nitrogens with one attached hydrogen (secondary N) is 2. The van der Waals surface area contributed by atoms with Crippen LogP contribution in [0, 0.1) is 5.92 Å². The van der Waals surface area contributed by atoms with Gasteiger partial charge in [0.05, 0.1) is 20.1 Å². The Morgan fingerprint density at radius 1 is 1.06 bits per heavy atom. The van der Waals surface area contributed by atoms with Gasteiger partial charge in [-0.25, -0.2) is 4.79 Å². The summed E-state index contributed by atoms with van der Waals surface area (Å²) in [5.41, 5.74) is 4.02. The minimum atomic E-state index is -0.711. The maximum absolute atomic E-state index is 12.4. The molecule has 0 spiro atoms. The van der Waals surface area contributed by atoms with E-state index in [9.17, 15) is 19.2 Å². The molecule has 1 aliphatic rings. The fourth-order valence-corrected chi connectivity index (χ4v) is 3.13. The van der Waals surface area contributed by atoms with Crippen LogP contribution < -0.4 is 20.3 Å². The van der Waals surface area contributed by atoms with E-state index in [1.54, 1.807) is 26.8 Å². The predicted octanol–water partition coefficient (Wildman–Crippen LogP) is 1.66. The van der Waals surface area contributed by atoms with E-state index >= 15 is 0 Å². The SMILES string of the molecule is COc1ccc(C(=O)NNC(=O)COC(=O)C2CCCN(C(=O)OC(C)(C)C)C2)cc1OC. The minimum absolute atomic E-state index is 0.158. The maximum Gasteiger partial charge on any atom is 0.410 e. The van der Waals surface area contributed by atoms with Crippen molar-refractivity contribution in [3.8, 4) is 11.5 Å². The summed E-state index contributed by atoms with van der Waals surface area (Å²) >= 11 is 0. The second kappa shape index (κ2) is 11.4. The molecule has 2 N–H and O–H groups in total. The number of piperidine rings is 1. The Balaban J connectivity index is 1.79. The lowest BCUT2D eigenvalue weighted by Gasteiger charge is -2.33. The van der Waals surface area contributed by atoms with Gasteiger partial charge in [0.2, 0.25) is 0 Å². The van der Waals surface area contributed by atoms with Gasteiger partial charge in [0.15, 0.2) is 18.1 Å². The summed E-state index contributed by atoms with van der Waals surface area (Å²) in [6.07, 6.45) is 0.665. The molecule has 0 aliphatic carbocycles. The zero-order valence-electron chi connectivity index (χ0n) is 19.6. The van der Waals surface area contributed by atoms with Crippen LogP contribution >= 0.6 is 0 Å². The minimum Gasteiger partial charge on any atom is -0.493 e. The van der Waals surface area contributed by atoms with Gasteiger partial charge in [-0.2, -0.15) is 0 Å². The molecule has 1 fully saturated rings. The standard InChI is InChI=1S/C22H31N3O8/c1-22(2,3)33-21(29)25-10-6-7-15(12-25)20(28)32-13-18(26)23-24-19(27)14-8-9-16(30-4)17(11-14)31-5/h8-9,11,15H,6-7,10,12-13H2,1-5H3,(H,23,26)(H,24,27). The van der Waals surface area contributed by atoms with Crippen LogP contribution in [0.4, 0.5) is 4.79 Å². The first-order valence-corrected chi connectivity index (χ1v) is 10.5. The van der Waals surface area contributed by atoms with Crippen LogP contribution in [-0.2, 0) is 19.1 Å². The number of carbonyl (C=O) groups excluding carboxylic acids is 4. The van der Waals surface area contributed by atoms with Crippen molar-refractivity contribution in [3.63, 3.8) is 0 Å². The number of hydrazine groups is 1. The summed E-state index contributed by atoms with van der Waals surface area (Å²) < 4.78 is 20.6. The molecule has 1 atom stereocenters. The topological polar surface area (TPSA) is 133 Å². The van der Waals surface area contributed by atoms with E-state index in [1.807, 2.05) is 0 Å². The van der Waals surface area contributed by atoms with Gasteiger partial charge in [-0.1, -0.05) is 0 Å². The smallest absolute Gasteiger partial charge is 0.410 e. The van der Waals surface area contributed by atoms with Crippen molar-refractivity contribution in [1.29, 1.82) is 0 Å². The van der Waals surface area contributed by atoms with Crippen LogP contribution in [0.2, 0.25) is 0 Å². The Bertz CT molecular complexity index is 881. The quantitative estimate of drug-likeness (QED) is 0.479. The third-order valence-corrected chi connectivity index (χ3v) is 4.71. The highest BCUT2D eigenvalue weighted by Gasteiger charge is 2.32. The molecule has 1 aliphatic heterocycles. The van der Waals surface area contributed by atoms with Gasteiger partial charge >= 0.3 is 12.1 Å². The molecule has 1 heterocycles. The van der Waals surface area contributed by atoms with Gasteiger partial charge in [0.1, 0.15) is 5.60 Å². The molecule has 11 heteroatoms. The molecule has 1 aromatic carbocycles. The van der Waals surface area contributed by atoms with E-state index in [0.717, 1.165) is 0 Å². The van der Waals surface area contributed by atoms with Crippen molar-refractivity contribution < 1.29 is 38.1 Å². The number of hydrogen-bond acceptors (Lipinski definition) is 8. The van der Waals surface area contributed by atoms with Crippen LogP contribution in [0.25, 0.3) is 0 Å². The largest absolute Gasteiger partial charge is 0.493 e. The molecule has 3 amide bonds. The molecule has 1 unspecified atom stereocenters. The lowest BCUT2D eigenvalue weighted by atomic mass is 9.98. The van der Waals surface area contributed by atoms with Crippen molar-refractivity contribution in [2.75, 3.05) is 33.9 Å². The molecular formula is C22H31N3O8. The Hall–Kier alpha value is -3.50. The molecule has 0 saturated carbocycles. The van der Waals surface area contributed by atoms with E-state index in [2.05, 4.69) is 10.9 Å². The Kier molecular flexibility index (Phi) is 8.89. The number of amides is 3. The molecule has 0 bridgehead atoms. The summed E-state index contributed by atoms with van der Waals surface area (Å²) in [4.78, 5) is 50.2. The van der Waals surface area contributed by atoms with Gasteiger partial charge in [-0.15, -0.1) is 0 Å². The van der Waals surface area contributed by atoms with Crippen molar-refractivity contribution in [3.05, 3.63) is 23.8 Å². The van der Waals surface area contributed by atoms with Crippen molar-refractivity contribution in [2.45, 2.75) is 39.2 Å². The number of methoxy groups -OCH3 is 2. The van der Waals surface area contributed by atoms with E-state index in [4.69, 9.17) is 18.9 Å². The Morgan fingerprint density at radius 3 is 2.39 bits per heavy atom. The van der Waals surface area contributed by atoms with Crippen LogP contribution in [0.1, 0.15) is 44.0 Å². The highest BCUT2D eigenvalue weighted by molar-refractivity contribution is 5.96. The highest BCUT2D eigenvalue weighted by Crippen LogP contribution is 2.27. The van der Waals surface area contributed by atoms with E-state index < -0.39 is 42.0 Å². The molecule has 11 nitrogen and oxygen atoms in total. The van der Waals surface area contributed by atoms with Gasteiger partial charge in [0, 0.05) is 18.7 Å².